The molecular formula is C31H59N7O2. The molecule has 1 aromatic carbocycles. The van der Waals surface area contributed by atoms with E-state index in [0.29, 0.717) is 0 Å². The van der Waals surface area contributed by atoms with Crippen LogP contribution in [-0.4, -0.2) is 165 Å². The van der Waals surface area contributed by atoms with Crippen molar-refractivity contribution in [2.75, 3.05) is 139 Å². The number of nitrogens with one attached hydrogen (secondary N) is 1. The number of nitrogens with zero attached hydrogens (tertiary/aromatic N) is 6. The molecule has 0 unspecified atom stereocenters. The number of aryl methyl sites for hydroxylation is 1. The largest absolute Gasteiger partial charge is 0.375 e. The third-order valence-electron chi connectivity index (χ3n) is 8.44. The zero-order valence-corrected chi connectivity index (χ0v) is 26.9. The maximum absolute atomic E-state index is 10.2. The van der Waals surface area contributed by atoms with E-state index in [1.165, 1.54) is 96.6 Å². The van der Waals surface area contributed by atoms with Gasteiger partial charge in [-0.15, -0.1) is 0 Å². The fourth-order valence-electron chi connectivity index (χ4n) is 5.44. The predicted octanol–water partition coefficient (Wildman–Crippen LogP) is 1.63. The number of piperidine rings is 1. The highest BCUT2D eigenvalue weighted by molar-refractivity contribution is 5.76. The lowest BCUT2D eigenvalue weighted by Crippen LogP contribution is -2.58. The van der Waals surface area contributed by atoms with E-state index < -0.39 is 0 Å². The molecular weight excluding hydrogens is 502 g/mol. The van der Waals surface area contributed by atoms with Gasteiger partial charge in [0.2, 0.25) is 5.91 Å². The Morgan fingerprint density at radius 1 is 0.725 bits per heavy atom. The number of hydrogen-bond acceptors (Lipinski definition) is 8. The molecule has 0 aromatic heterocycles. The summed E-state index contributed by atoms with van der Waals surface area (Å²) < 4.78 is 4.48. The van der Waals surface area contributed by atoms with Crippen LogP contribution in [-0.2, 0) is 9.53 Å². The molecule has 0 bridgehead atoms. The van der Waals surface area contributed by atoms with Crippen LogP contribution < -0.4 is 10.2 Å². The second-order valence-electron chi connectivity index (χ2n) is 12.3. The number of ether oxygens (including phenoxy) is 1. The Bertz CT molecular complexity index is 795. The van der Waals surface area contributed by atoms with E-state index in [9.17, 15) is 4.79 Å². The lowest BCUT2D eigenvalue weighted by molar-refractivity contribution is -0.124. The van der Waals surface area contributed by atoms with Gasteiger partial charge in [-0.1, -0.05) is 17.7 Å². The van der Waals surface area contributed by atoms with Crippen molar-refractivity contribution < 1.29 is 9.53 Å². The highest BCUT2D eigenvalue weighted by Gasteiger charge is 2.42. The third kappa shape index (κ3) is 12.8. The number of hydrogen-bond donors (Lipinski definition) is 1. The van der Waals surface area contributed by atoms with Gasteiger partial charge >= 0.3 is 0 Å². The van der Waals surface area contributed by atoms with Gasteiger partial charge in [-0.2, -0.15) is 0 Å². The van der Waals surface area contributed by atoms with Crippen molar-refractivity contribution >= 4 is 11.6 Å². The molecule has 4 saturated heterocycles. The topological polar surface area (TPSA) is 57.8 Å². The molecule has 4 heterocycles. The maximum atomic E-state index is 10.2. The summed E-state index contributed by atoms with van der Waals surface area (Å²) in [5.41, 5.74) is 3.44. The minimum absolute atomic E-state index is 0.0949. The molecule has 4 aliphatic heterocycles. The van der Waals surface area contributed by atoms with Crippen molar-refractivity contribution in [3.63, 3.8) is 0 Å². The first-order valence-corrected chi connectivity index (χ1v) is 15.0. The van der Waals surface area contributed by atoms with Crippen molar-refractivity contribution in [1.82, 2.24) is 29.8 Å². The van der Waals surface area contributed by atoms with Gasteiger partial charge in [0.05, 0.1) is 0 Å². The summed E-state index contributed by atoms with van der Waals surface area (Å²) in [6, 6.07) is 8.82. The van der Waals surface area contributed by atoms with Gasteiger partial charge in [0.1, 0.15) is 6.61 Å². The van der Waals surface area contributed by atoms with Gasteiger partial charge in [-0.25, -0.2) is 0 Å². The molecule has 1 spiro atoms. The van der Waals surface area contributed by atoms with Gasteiger partial charge in [-0.3, -0.25) is 4.79 Å². The molecule has 4 aliphatic rings. The number of benzene rings is 1. The molecule has 0 saturated carbocycles. The van der Waals surface area contributed by atoms with Crippen LogP contribution >= 0.6 is 0 Å². The molecule has 40 heavy (non-hydrogen) atoms. The van der Waals surface area contributed by atoms with Crippen LogP contribution in [0.4, 0.5) is 5.69 Å². The van der Waals surface area contributed by atoms with Crippen LogP contribution in [0.5, 0.6) is 0 Å². The predicted molar refractivity (Wildman–Crippen MR) is 168 cm³/mol. The number of likely N-dealkylation sites (tertiary alicyclic amines) is 2. The van der Waals surface area contributed by atoms with Crippen LogP contribution in [0.2, 0.25) is 0 Å². The van der Waals surface area contributed by atoms with Gasteiger partial charge in [0.15, 0.2) is 0 Å². The number of likely N-dealkylation sites (N-methyl/N-ethyl adjacent to an activating group) is 4. The lowest BCUT2D eigenvalue weighted by atomic mass is 9.72. The molecule has 9 nitrogen and oxygen atoms in total. The van der Waals surface area contributed by atoms with E-state index in [4.69, 9.17) is 0 Å². The molecule has 0 aliphatic carbocycles. The Morgan fingerprint density at radius 3 is 1.52 bits per heavy atom. The maximum Gasteiger partial charge on any atom is 0.245 e. The van der Waals surface area contributed by atoms with E-state index in [2.05, 4.69) is 106 Å². The standard InChI is InChI=1S/C12H18N2.C9H18N2.C6H14N2.C4H9NO2/c1-11-3-5-12(6-4-11)14-9-7-13(2)8-10-14;1-10-5-3-9(4-6-10)7-11(2)8-9;1-7-3-5-8(2)6-4-7;1-5-4(6)3-7-2/h3-6H,7-10H2,1-2H3;3-8H2,1-2H3;3-6H2,1-2H3;3H2,1-2H3,(H,5,6). The fourth-order valence-corrected chi connectivity index (χ4v) is 5.44. The fraction of sp³-hybridized carbons (Fsp3) is 0.774. The molecule has 5 rings (SSSR count). The Balaban J connectivity index is 0.000000194. The molecule has 4 fully saturated rings. The van der Waals surface area contributed by atoms with Crippen LogP contribution in [0.25, 0.3) is 0 Å². The Hall–Kier alpha value is -1.75. The number of carbonyl (C=O) groups excluding carboxylic acids is 1. The summed E-state index contributed by atoms with van der Waals surface area (Å²) in [7, 11) is 14.0. The Labute approximate surface area is 245 Å². The van der Waals surface area contributed by atoms with Crippen molar-refractivity contribution in [3.8, 4) is 0 Å². The number of anilines is 1. The van der Waals surface area contributed by atoms with Crippen molar-refractivity contribution in [2.45, 2.75) is 19.8 Å². The quantitative estimate of drug-likeness (QED) is 0.598. The lowest BCUT2D eigenvalue weighted by Gasteiger charge is -2.52. The van der Waals surface area contributed by atoms with Crippen LogP contribution in [0.15, 0.2) is 24.3 Å². The minimum Gasteiger partial charge on any atom is -0.375 e. The second kappa shape index (κ2) is 17.9. The number of methoxy groups -OCH3 is 1. The first-order chi connectivity index (χ1) is 19.1. The summed E-state index contributed by atoms with van der Waals surface area (Å²) in [4.78, 5) is 24.6. The van der Waals surface area contributed by atoms with E-state index >= 15 is 0 Å². The van der Waals surface area contributed by atoms with E-state index in [0.717, 1.165) is 18.5 Å². The minimum atomic E-state index is -0.0949. The third-order valence-corrected chi connectivity index (χ3v) is 8.44. The summed E-state index contributed by atoms with van der Waals surface area (Å²) in [6.07, 6.45) is 2.85. The number of amides is 1. The Kier molecular flexibility index (Phi) is 15.4. The first-order valence-electron chi connectivity index (χ1n) is 15.0. The van der Waals surface area contributed by atoms with Crippen molar-refractivity contribution in [2.24, 2.45) is 5.41 Å². The van der Waals surface area contributed by atoms with Gasteiger partial charge < -0.3 is 39.5 Å². The average molecular weight is 562 g/mol. The molecule has 9 heteroatoms. The van der Waals surface area contributed by atoms with Gasteiger partial charge in [0, 0.05) is 85.3 Å². The van der Waals surface area contributed by atoms with E-state index in [1.54, 1.807) is 7.05 Å². The van der Waals surface area contributed by atoms with Crippen molar-refractivity contribution in [3.05, 3.63) is 29.8 Å². The second-order valence-corrected chi connectivity index (χ2v) is 12.3. The number of carbonyl (C=O) groups is 1. The zero-order valence-electron chi connectivity index (χ0n) is 26.9. The van der Waals surface area contributed by atoms with Gasteiger partial charge in [0.25, 0.3) is 0 Å². The number of rotatable bonds is 3. The monoisotopic (exact) mass is 561 g/mol. The van der Waals surface area contributed by atoms with Crippen LogP contribution in [0.1, 0.15) is 18.4 Å². The summed E-state index contributed by atoms with van der Waals surface area (Å²) in [6.45, 7) is 17.2. The Morgan fingerprint density at radius 2 is 1.15 bits per heavy atom. The average Bonchev–Trinajstić information content (AvgIpc) is 2.93. The van der Waals surface area contributed by atoms with Gasteiger partial charge in [-0.05, 0) is 85.6 Å². The van der Waals surface area contributed by atoms with E-state index in [1.807, 2.05) is 0 Å². The molecule has 230 valence electrons. The molecule has 1 amide bonds. The highest BCUT2D eigenvalue weighted by Crippen LogP contribution is 2.38. The summed E-state index contributed by atoms with van der Waals surface area (Å²) >= 11 is 0. The normalized spacial score (nSPS) is 22.1. The first kappa shape index (κ1) is 34.5. The van der Waals surface area contributed by atoms with Crippen molar-refractivity contribution in [1.29, 1.82) is 0 Å². The highest BCUT2D eigenvalue weighted by atomic mass is 16.5. The summed E-state index contributed by atoms with van der Waals surface area (Å²) in [5, 5.41) is 2.40. The smallest absolute Gasteiger partial charge is 0.245 e. The zero-order chi connectivity index (χ0) is 29.5. The molecule has 0 radical (unpaired) electrons. The van der Waals surface area contributed by atoms with Crippen LogP contribution in [0.3, 0.4) is 0 Å². The molecule has 1 aromatic rings. The molecule has 0 atom stereocenters. The van der Waals surface area contributed by atoms with E-state index in [-0.39, 0.29) is 12.5 Å². The molecule has 1 N–H and O–H groups in total. The number of piperazine rings is 2. The van der Waals surface area contributed by atoms with Crippen LogP contribution in [0, 0.1) is 12.3 Å². The summed E-state index contributed by atoms with van der Waals surface area (Å²) in [5.74, 6) is -0.0949. The SMILES string of the molecule is CN1CCC2(CC1)CN(C)C2.CN1CCN(C)CC1.CNC(=O)COC.Cc1ccc(N2CCN(C)CC2)cc1.